The second-order valence-corrected chi connectivity index (χ2v) is 10.2. The standard InChI is InChI=1S/C23H22N2O6S/c1-13(26)24-16-7-9-19(10-8-16)32(29,30)31-18-4-2-3-17(12-18)25-22(27)20-14-5-6-15(11-14)21(20)23(25)28/h2-4,7-10,12,14-15,20-21H,5-6,11H2,1H3,(H,24,26)/t14-,15-,20-,21+/m1/s1. The van der Waals surface area contributed by atoms with Gasteiger partial charge in [0.05, 0.1) is 17.5 Å². The van der Waals surface area contributed by atoms with Crippen molar-refractivity contribution in [2.24, 2.45) is 23.7 Å². The summed E-state index contributed by atoms with van der Waals surface area (Å²) in [5.41, 5.74) is 0.784. The summed E-state index contributed by atoms with van der Waals surface area (Å²) in [6.45, 7) is 1.36. The van der Waals surface area contributed by atoms with Crippen molar-refractivity contribution in [1.82, 2.24) is 0 Å². The van der Waals surface area contributed by atoms with Crippen molar-refractivity contribution in [3.8, 4) is 5.75 Å². The molecule has 1 aliphatic heterocycles. The number of anilines is 2. The highest BCUT2D eigenvalue weighted by Gasteiger charge is 2.61. The normalized spacial score (nSPS) is 26.3. The molecule has 3 fully saturated rings. The number of imide groups is 1. The van der Waals surface area contributed by atoms with E-state index in [2.05, 4.69) is 5.32 Å². The van der Waals surface area contributed by atoms with Gasteiger partial charge < -0.3 is 9.50 Å². The van der Waals surface area contributed by atoms with Crippen molar-refractivity contribution in [2.45, 2.75) is 31.1 Å². The lowest BCUT2D eigenvalue weighted by Gasteiger charge is -2.19. The number of benzene rings is 2. The van der Waals surface area contributed by atoms with Gasteiger partial charge in [-0.1, -0.05) is 6.07 Å². The molecule has 8 nitrogen and oxygen atoms in total. The fraction of sp³-hybridized carbons (Fsp3) is 0.348. The fourth-order valence-corrected chi connectivity index (χ4v) is 6.34. The van der Waals surface area contributed by atoms with E-state index >= 15 is 0 Å². The van der Waals surface area contributed by atoms with E-state index in [4.69, 9.17) is 4.18 Å². The van der Waals surface area contributed by atoms with Gasteiger partial charge in [0.15, 0.2) is 0 Å². The van der Waals surface area contributed by atoms with Crippen LogP contribution >= 0.6 is 0 Å². The van der Waals surface area contributed by atoms with E-state index in [-0.39, 0.29) is 52.0 Å². The highest BCUT2D eigenvalue weighted by atomic mass is 32.2. The van der Waals surface area contributed by atoms with Crippen LogP contribution in [0.5, 0.6) is 5.75 Å². The molecule has 32 heavy (non-hydrogen) atoms. The third-order valence-electron chi connectivity index (χ3n) is 6.67. The number of rotatable bonds is 5. The Bertz CT molecular complexity index is 1200. The van der Waals surface area contributed by atoms with Crippen LogP contribution in [0.15, 0.2) is 53.4 Å². The van der Waals surface area contributed by atoms with Crippen LogP contribution in [0.3, 0.4) is 0 Å². The Kier molecular flexibility index (Phi) is 4.81. The minimum absolute atomic E-state index is 0.00840. The molecule has 1 heterocycles. The Morgan fingerprint density at radius 3 is 2.22 bits per heavy atom. The van der Waals surface area contributed by atoms with Gasteiger partial charge in [-0.2, -0.15) is 8.42 Å². The molecule has 166 valence electrons. The summed E-state index contributed by atoms with van der Waals surface area (Å²) < 4.78 is 30.6. The second kappa shape index (κ2) is 7.44. The van der Waals surface area contributed by atoms with Crippen molar-refractivity contribution < 1.29 is 27.0 Å². The van der Waals surface area contributed by atoms with Crippen LogP contribution in [-0.4, -0.2) is 26.1 Å². The summed E-state index contributed by atoms with van der Waals surface area (Å²) in [7, 11) is -4.15. The van der Waals surface area contributed by atoms with Crippen LogP contribution in [-0.2, 0) is 24.5 Å². The van der Waals surface area contributed by atoms with E-state index < -0.39 is 10.1 Å². The smallest absolute Gasteiger partial charge is 0.339 e. The summed E-state index contributed by atoms with van der Waals surface area (Å²) in [4.78, 5) is 38.3. The summed E-state index contributed by atoms with van der Waals surface area (Å²) in [6.07, 6.45) is 2.92. The molecule has 3 amide bonds. The summed E-state index contributed by atoms with van der Waals surface area (Å²) in [5, 5.41) is 2.56. The summed E-state index contributed by atoms with van der Waals surface area (Å²) >= 11 is 0. The van der Waals surface area contributed by atoms with Gasteiger partial charge in [0.2, 0.25) is 17.7 Å². The highest BCUT2D eigenvalue weighted by molar-refractivity contribution is 7.87. The lowest BCUT2D eigenvalue weighted by atomic mass is 9.81. The van der Waals surface area contributed by atoms with Gasteiger partial charge in [-0.05, 0) is 67.5 Å². The largest absolute Gasteiger partial charge is 0.379 e. The van der Waals surface area contributed by atoms with Crippen LogP contribution in [0.4, 0.5) is 11.4 Å². The molecule has 1 saturated heterocycles. The van der Waals surface area contributed by atoms with E-state index in [1.165, 1.54) is 48.2 Å². The van der Waals surface area contributed by atoms with Gasteiger partial charge >= 0.3 is 10.1 Å². The first-order valence-electron chi connectivity index (χ1n) is 10.5. The lowest BCUT2D eigenvalue weighted by Crippen LogP contribution is -2.32. The molecule has 4 atom stereocenters. The predicted molar refractivity (Wildman–Crippen MR) is 115 cm³/mol. The number of amides is 3. The van der Waals surface area contributed by atoms with Crippen molar-refractivity contribution in [2.75, 3.05) is 10.2 Å². The molecule has 1 N–H and O–H groups in total. The minimum Gasteiger partial charge on any atom is -0.379 e. The summed E-state index contributed by atoms with van der Waals surface area (Å²) in [6, 6.07) is 11.6. The molecule has 2 aliphatic carbocycles. The maximum atomic E-state index is 13.0. The molecule has 0 unspecified atom stereocenters. The van der Waals surface area contributed by atoms with Crippen LogP contribution in [0.1, 0.15) is 26.2 Å². The third kappa shape index (κ3) is 3.37. The Morgan fingerprint density at radius 1 is 1.00 bits per heavy atom. The molecule has 0 radical (unpaired) electrons. The van der Waals surface area contributed by atoms with Gasteiger partial charge in [0.1, 0.15) is 10.6 Å². The third-order valence-corrected chi connectivity index (χ3v) is 7.93. The first-order chi connectivity index (χ1) is 15.2. The van der Waals surface area contributed by atoms with E-state index in [0.717, 1.165) is 19.3 Å². The molecule has 0 aromatic heterocycles. The van der Waals surface area contributed by atoms with E-state index in [1.54, 1.807) is 12.1 Å². The van der Waals surface area contributed by atoms with Gasteiger partial charge in [-0.3, -0.25) is 14.4 Å². The molecular weight excluding hydrogens is 432 g/mol. The number of hydrogen-bond donors (Lipinski definition) is 1. The molecule has 2 bridgehead atoms. The number of nitrogens with one attached hydrogen (secondary N) is 1. The van der Waals surface area contributed by atoms with Crippen molar-refractivity contribution >= 4 is 39.2 Å². The van der Waals surface area contributed by atoms with Crippen LogP contribution in [0.25, 0.3) is 0 Å². The van der Waals surface area contributed by atoms with Crippen LogP contribution in [0.2, 0.25) is 0 Å². The van der Waals surface area contributed by atoms with Crippen LogP contribution < -0.4 is 14.4 Å². The van der Waals surface area contributed by atoms with E-state index in [9.17, 15) is 22.8 Å². The first kappa shape index (κ1) is 20.7. The predicted octanol–water partition coefficient (Wildman–Crippen LogP) is 2.95. The maximum Gasteiger partial charge on any atom is 0.339 e. The zero-order valence-corrected chi connectivity index (χ0v) is 18.2. The minimum atomic E-state index is -4.15. The quantitative estimate of drug-likeness (QED) is 0.550. The van der Waals surface area contributed by atoms with Gasteiger partial charge in [-0.15, -0.1) is 0 Å². The second-order valence-electron chi connectivity index (χ2n) is 8.64. The molecule has 3 aliphatic rings. The monoisotopic (exact) mass is 454 g/mol. The first-order valence-corrected chi connectivity index (χ1v) is 12.0. The molecule has 9 heteroatoms. The topological polar surface area (TPSA) is 110 Å². The molecule has 2 saturated carbocycles. The molecule has 2 aromatic rings. The van der Waals surface area contributed by atoms with Crippen molar-refractivity contribution in [1.29, 1.82) is 0 Å². The maximum absolute atomic E-state index is 13.0. The fourth-order valence-electron chi connectivity index (χ4n) is 5.42. The Hall–Kier alpha value is -3.20. The highest BCUT2D eigenvalue weighted by Crippen LogP contribution is 2.56. The Morgan fingerprint density at radius 2 is 1.62 bits per heavy atom. The van der Waals surface area contributed by atoms with E-state index in [0.29, 0.717) is 11.4 Å². The number of carbonyl (C=O) groups is 3. The van der Waals surface area contributed by atoms with Crippen LogP contribution in [0, 0.1) is 23.7 Å². The number of carbonyl (C=O) groups excluding carboxylic acids is 3. The summed E-state index contributed by atoms with van der Waals surface area (Å²) in [5.74, 6) is -0.612. The number of hydrogen-bond acceptors (Lipinski definition) is 6. The lowest BCUT2D eigenvalue weighted by molar-refractivity contribution is -0.123. The molecule has 0 spiro atoms. The molecular formula is C23H22N2O6S. The molecule has 2 aromatic carbocycles. The van der Waals surface area contributed by atoms with Gasteiger partial charge in [0.25, 0.3) is 0 Å². The number of nitrogens with zero attached hydrogens (tertiary/aromatic N) is 1. The Labute approximate surface area is 185 Å². The van der Waals surface area contributed by atoms with Gasteiger partial charge in [-0.25, -0.2) is 4.90 Å². The SMILES string of the molecule is CC(=O)Nc1ccc(S(=O)(=O)Oc2cccc(N3C(=O)[C@@H]4[C@@H]5CC[C@H](C5)[C@@H]4C3=O)c2)cc1. The Balaban J connectivity index is 1.37. The zero-order valence-electron chi connectivity index (χ0n) is 17.4. The number of fused-ring (bicyclic) bond motifs is 5. The van der Waals surface area contributed by atoms with Crippen molar-refractivity contribution in [3.63, 3.8) is 0 Å². The average Bonchev–Trinajstić information content (AvgIpc) is 3.41. The molecule has 5 rings (SSSR count). The zero-order chi connectivity index (χ0) is 22.6. The van der Waals surface area contributed by atoms with E-state index in [1.807, 2.05) is 0 Å². The van der Waals surface area contributed by atoms with Crippen molar-refractivity contribution in [3.05, 3.63) is 48.5 Å². The average molecular weight is 455 g/mol. The van der Waals surface area contributed by atoms with Gasteiger partial charge in [0, 0.05) is 18.7 Å².